The fourth-order valence-corrected chi connectivity index (χ4v) is 4.39. The maximum absolute atomic E-state index is 13.7. The van der Waals surface area contributed by atoms with Crippen LogP contribution in [-0.2, 0) is 0 Å². The summed E-state index contributed by atoms with van der Waals surface area (Å²) < 4.78 is 33.5. The Balaban J connectivity index is 1.84. The summed E-state index contributed by atoms with van der Waals surface area (Å²) in [6.45, 7) is 8.55. The van der Waals surface area contributed by atoms with E-state index in [0.29, 0.717) is 22.7 Å². The van der Waals surface area contributed by atoms with E-state index >= 15 is 0 Å². The van der Waals surface area contributed by atoms with E-state index in [1.54, 1.807) is 24.3 Å². The van der Waals surface area contributed by atoms with Gasteiger partial charge in [0.15, 0.2) is 0 Å². The van der Waals surface area contributed by atoms with Crippen LogP contribution in [0.2, 0.25) is 0 Å². The van der Waals surface area contributed by atoms with Crippen molar-refractivity contribution in [2.45, 2.75) is 64.1 Å². The molecule has 0 spiro atoms. The van der Waals surface area contributed by atoms with Crippen LogP contribution < -0.4 is 15.8 Å². The van der Waals surface area contributed by atoms with Gasteiger partial charge in [-0.2, -0.15) is 0 Å². The number of piperidine rings is 1. The molecule has 2 aromatic rings. The van der Waals surface area contributed by atoms with Gasteiger partial charge < -0.3 is 21.2 Å². The van der Waals surface area contributed by atoms with Crippen molar-refractivity contribution in [2.24, 2.45) is 5.73 Å². The van der Waals surface area contributed by atoms with Crippen LogP contribution in [0.15, 0.2) is 36.5 Å². The Labute approximate surface area is 181 Å². The first-order chi connectivity index (χ1) is 14.5. The third kappa shape index (κ3) is 5.44. The van der Waals surface area contributed by atoms with Gasteiger partial charge in [-0.15, -0.1) is 10.2 Å². The van der Waals surface area contributed by atoms with Gasteiger partial charge in [0.1, 0.15) is 6.10 Å². The van der Waals surface area contributed by atoms with Gasteiger partial charge in [0.2, 0.25) is 5.88 Å². The minimum atomic E-state index is -2.71. The van der Waals surface area contributed by atoms with Crippen LogP contribution in [0.3, 0.4) is 0 Å². The predicted octanol–water partition coefficient (Wildman–Crippen LogP) is 4.72. The van der Waals surface area contributed by atoms with E-state index in [1.165, 1.54) is 12.3 Å². The summed E-state index contributed by atoms with van der Waals surface area (Å²) in [4.78, 5) is 0. The molecule has 8 heteroatoms. The Kier molecular flexibility index (Phi) is 6.40. The van der Waals surface area contributed by atoms with Gasteiger partial charge in [0, 0.05) is 59.1 Å². The third-order valence-electron chi connectivity index (χ3n) is 5.31. The van der Waals surface area contributed by atoms with E-state index < -0.39 is 6.43 Å². The molecule has 0 unspecified atom stereocenters. The molecule has 166 valence electrons. The summed E-state index contributed by atoms with van der Waals surface area (Å²) in [7, 11) is 0. The van der Waals surface area contributed by atoms with E-state index in [-0.39, 0.29) is 28.3 Å². The summed E-state index contributed by atoms with van der Waals surface area (Å²) in [6.07, 6.45) is 1.15. The highest BCUT2D eigenvalue weighted by Crippen LogP contribution is 2.34. The number of benzene rings is 1. The molecule has 1 aromatic carbocycles. The molecule has 1 saturated heterocycles. The molecule has 2 heterocycles. The summed E-state index contributed by atoms with van der Waals surface area (Å²) in [5.74, 6) is 0.370. The Morgan fingerprint density at radius 1 is 1.16 bits per heavy atom. The van der Waals surface area contributed by atoms with Crippen molar-refractivity contribution in [2.75, 3.05) is 0 Å². The second kappa shape index (κ2) is 8.70. The normalized spacial score (nSPS) is 18.7. The number of hydrogen-bond donors (Lipinski definition) is 3. The van der Waals surface area contributed by atoms with Gasteiger partial charge in [-0.05, 0) is 45.4 Å². The summed E-state index contributed by atoms with van der Waals surface area (Å²) >= 11 is 0. The molecule has 4 N–H and O–H groups in total. The summed E-state index contributed by atoms with van der Waals surface area (Å²) in [5.41, 5.74) is 6.56. The predicted molar refractivity (Wildman–Crippen MR) is 118 cm³/mol. The number of halogens is 2. The minimum absolute atomic E-state index is 0.0232. The van der Waals surface area contributed by atoms with E-state index in [0.717, 1.165) is 19.1 Å². The maximum atomic E-state index is 13.7. The fourth-order valence-electron chi connectivity index (χ4n) is 4.39. The van der Waals surface area contributed by atoms with Gasteiger partial charge in [-0.1, -0.05) is 12.1 Å². The molecule has 0 saturated carbocycles. The molecule has 1 fully saturated rings. The Morgan fingerprint density at radius 2 is 1.84 bits per heavy atom. The number of aromatic nitrogens is 2. The van der Waals surface area contributed by atoms with Crippen molar-refractivity contribution in [3.8, 4) is 17.1 Å². The number of rotatable bonds is 6. The van der Waals surface area contributed by atoms with Crippen LogP contribution >= 0.6 is 0 Å². The lowest BCUT2D eigenvalue weighted by Gasteiger charge is -2.46. The maximum Gasteiger partial charge on any atom is 0.264 e. The van der Waals surface area contributed by atoms with Crippen molar-refractivity contribution < 1.29 is 13.5 Å². The van der Waals surface area contributed by atoms with Crippen LogP contribution in [0.1, 0.15) is 58.1 Å². The average molecular weight is 430 g/mol. The van der Waals surface area contributed by atoms with Crippen LogP contribution in [0.4, 0.5) is 8.78 Å². The summed E-state index contributed by atoms with van der Waals surface area (Å²) in [6, 6.07) is 7.81. The molecule has 0 bridgehead atoms. The van der Waals surface area contributed by atoms with Crippen LogP contribution in [0, 0.1) is 5.41 Å². The second-order valence-corrected chi connectivity index (χ2v) is 9.17. The molecule has 1 aliphatic heterocycles. The smallest absolute Gasteiger partial charge is 0.264 e. The Hall–Kier alpha value is -2.87. The minimum Gasteiger partial charge on any atom is -0.473 e. The first-order valence-corrected chi connectivity index (χ1v) is 10.2. The molecular formula is C23H29F2N5O. The molecule has 0 radical (unpaired) electrons. The molecule has 31 heavy (non-hydrogen) atoms. The van der Waals surface area contributed by atoms with Crippen molar-refractivity contribution in [3.63, 3.8) is 0 Å². The quantitative estimate of drug-likeness (QED) is 0.578. The molecule has 1 aliphatic rings. The highest BCUT2D eigenvalue weighted by molar-refractivity contribution is 6.08. The topological polar surface area (TPSA) is 96.9 Å². The first-order valence-electron chi connectivity index (χ1n) is 10.2. The highest BCUT2D eigenvalue weighted by atomic mass is 19.3. The standard InChI is InChI=1S/C23H29F2N5O/c1-22(2)10-16(11-23(3,4)30-22)31-20-8-7-19(28-29-20)17-6-5-14(15(12-26)13-27)9-18(17)21(24)25/h5-9,12-13,16,21,26,30H,10-11,27H2,1-4H3/b15-13+,26-12?. The van der Waals surface area contributed by atoms with E-state index in [9.17, 15) is 8.78 Å². The van der Waals surface area contributed by atoms with Gasteiger partial charge >= 0.3 is 0 Å². The zero-order valence-corrected chi connectivity index (χ0v) is 18.2. The zero-order chi connectivity index (χ0) is 22.8. The third-order valence-corrected chi connectivity index (χ3v) is 5.31. The Bertz CT molecular complexity index is 954. The SMILES string of the molecule is CC1(C)CC(Oc2ccc(-c3ccc(/C(C=N)=C/N)cc3C(F)F)nn2)CC(C)(C)N1. The van der Waals surface area contributed by atoms with Crippen molar-refractivity contribution in [1.82, 2.24) is 15.5 Å². The highest BCUT2D eigenvalue weighted by Gasteiger charge is 2.38. The zero-order valence-electron chi connectivity index (χ0n) is 18.2. The largest absolute Gasteiger partial charge is 0.473 e. The lowest BCUT2D eigenvalue weighted by Crippen LogP contribution is -2.60. The van der Waals surface area contributed by atoms with Crippen LogP contribution in [-0.4, -0.2) is 33.6 Å². The van der Waals surface area contributed by atoms with Gasteiger partial charge in [0.05, 0.1) is 5.69 Å². The molecule has 6 nitrogen and oxygen atoms in total. The first kappa shape index (κ1) is 22.8. The van der Waals surface area contributed by atoms with E-state index in [1.807, 2.05) is 0 Å². The van der Waals surface area contributed by atoms with Crippen molar-refractivity contribution in [3.05, 3.63) is 47.7 Å². The lowest BCUT2D eigenvalue weighted by atomic mass is 9.81. The Morgan fingerprint density at radius 3 is 2.35 bits per heavy atom. The molecule has 0 amide bonds. The van der Waals surface area contributed by atoms with Crippen molar-refractivity contribution >= 4 is 11.8 Å². The molecular weight excluding hydrogens is 400 g/mol. The van der Waals surface area contributed by atoms with Gasteiger partial charge in [-0.3, -0.25) is 0 Å². The van der Waals surface area contributed by atoms with E-state index in [2.05, 4.69) is 43.2 Å². The molecule has 0 atom stereocenters. The lowest BCUT2D eigenvalue weighted by molar-refractivity contribution is 0.0524. The molecule has 0 aliphatic carbocycles. The number of nitrogens with two attached hydrogens (primary N) is 1. The van der Waals surface area contributed by atoms with Gasteiger partial charge in [-0.25, -0.2) is 8.78 Å². The number of allylic oxidation sites excluding steroid dienone is 1. The van der Waals surface area contributed by atoms with E-state index in [4.69, 9.17) is 15.9 Å². The monoisotopic (exact) mass is 429 g/mol. The summed E-state index contributed by atoms with van der Waals surface area (Å²) in [5, 5.41) is 19.2. The van der Waals surface area contributed by atoms with Crippen LogP contribution in [0.5, 0.6) is 5.88 Å². The number of nitrogens with one attached hydrogen (secondary N) is 2. The van der Waals surface area contributed by atoms with Gasteiger partial charge in [0.25, 0.3) is 6.43 Å². The second-order valence-electron chi connectivity index (χ2n) is 9.17. The number of alkyl halides is 2. The number of nitrogens with zero attached hydrogens (tertiary/aromatic N) is 2. The average Bonchev–Trinajstić information content (AvgIpc) is 2.67. The fraction of sp³-hybridized carbons (Fsp3) is 0.435. The molecule has 3 rings (SSSR count). The number of ether oxygens (including phenoxy) is 1. The number of hydrogen-bond acceptors (Lipinski definition) is 6. The van der Waals surface area contributed by atoms with Crippen LogP contribution in [0.25, 0.3) is 16.8 Å². The molecule has 1 aromatic heterocycles. The van der Waals surface area contributed by atoms with Crippen molar-refractivity contribution in [1.29, 1.82) is 5.41 Å².